The zero-order chi connectivity index (χ0) is 46.0. The number of carbonyl (C=O) groups is 5. The number of hydrogen-bond acceptors (Lipinski definition) is 11. The van der Waals surface area contributed by atoms with Crippen molar-refractivity contribution in [2.45, 2.75) is 50.4 Å². The van der Waals surface area contributed by atoms with Crippen LogP contribution in [-0.4, -0.2) is 133 Å². The van der Waals surface area contributed by atoms with Gasteiger partial charge in [-0.3, -0.25) is 43.8 Å². The van der Waals surface area contributed by atoms with Crippen LogP contribution in [-0.2, 0) is 19.8 Å². The molecule has 4 saturated heterocycles. The minimum absolute atomic E-state index is 0.00409. The van der Waals surface area contributed by atoms with Gasteiger partial charge in [-0.1, -0.05) is 12.1 Å². The van der Waals surface area contributed by atoms with Gasteiger partial charge in [0.25, 0.3) is 11.8 Å². The number of imide groups is 2. The molecule has 4 amide bonds. The summed E-state index contributed by atoms with van der Waals surface area (Å²) in [6.07, 6.45) is 3.59. The lowest BCUT2D eigenvalue weighted by Crippen LogP contribution is -2.54. The molecule has 4 fully saturated rings. The van der Waals surface area contributed by atoms with E-state index in [0.29, 0.717) is 22.6 Å². The van der Waals surface area contributed by atoms with Gasteiger partial charge < -0.3 is 14.8 Å². The summed E-state index contributed by atoms with van der Waals surface area (Å²) in [7, 11) is -4.37. The third kappa shape index (κ3) is 7.85. The first kappa shape index (κ1) is 43.3. The summed E-state index contributed by atoms with van der Waals surface area (Å²) < 4.78 is 73.1. The lowest BCUT2D eigenvalue weighted by atomic mass is 9.99. The highest BCUT2D eigenvalue weighted by molar-refractivity contribution is 7.90. The number of H-pyrrole nitrogens is 1. The molecule has 3 aromatic carbocycles. The molecule has 0 spiro atoms. The van der Waals surface area contributed by atoms with E-state index in [-0.39, 0.29) is 42.5 Å². The van der Waals surface area contributed by atoms with Crippen molar-refractivity contribution in [3.05, 3.63) is 107 Å². The number of piperidine rings is 2. The molecule has 5 aliphatic heterocycles. The zero-order valence-electron chi connectivity index (χ0n) is 35.4. The quantitative estimate of drug-likeness (QED) is 0.131. The van der Waals surface area contributed by atoms with Gasteiger partial charge in [-0.05, 0) is 79.8 Å². The molecule has 2 atom stereocenters. The average molecular weight is 924 g/mol. The van der Waals surface area contributed by atoms with Crippen LogP contribution >= 0.6 is 0 Å². The standard InChI is InChI=1S/C46H44F3N9O7S/c47-28-11-16-57(25-28)66(64,65)53-37-8-7-36(48)40(41(37)49)42(60)35-24-51-43-33(35)21-27(23-50-43)26-1-3-29(4-2-26)55-17-19-56(20-18-55)30-12-14-54(15-13-30)31-5-6-32-34(22-31)46(63)58(45(32)62)38-9-10-39(59)52-44(38)61/h1-8,21-24,28,30,38,53H,9-20,25H2,(H,50,51)(H,52,59,61)/t28-,38?/m1/s1. The van der Waals surface area contributed by atoms with Crippen molar-refractivity contribution in [1.82, 2.24) is 29.4 Å². The van der Waals surface area contributed by atoms with Gasteiger partial charge in [0.15, 0.2) is 5.82 Å². The Bertz CT molecular complexity index is 2930. The number of aromatic nitrogens is 2. The highest BCUT2D eigenvalue weighted by Gasteiger charge is 2.45. The Morgan fingerprint density at radius 2 is 1.48 bits per heavy atom. The number of pyridine rings is 1. The molecule has 66 heavy (non-hydrogen) atoms. The van der Waals surface area contributed by atoms with Gasteiger partial charge in [0.1, 0.15) is 23.7 Å². The molecular weight excluding hydrogens is 880 g/mol. The summed E-state index contributed by atoms with van der Waals surface area (Å²) >= 11 is 0. The predicted octanol–water partition coefficient (Wildman–Crippen LogP) is 4.63. The first-order valence-electron chi connectivity index (χ1n) is 21.9. The number of nitrogens with one attached hydrogen (secondary N) is 3. The number of ketones is 1. The van der Waals surface area contributed by atoms with Crippen molar-refractivity contribution in [1.29, 1.82) is 0 Å². The molecule has 10 rings (SSSR count). The summed E-state index contributed by atoms with van der Waals surface area (Å²) in [5.41, 5.74) is 2.54. The summed E-state index contributed by atoms with van der Waals surface area (Å²) in [6, 6.07) is 15.9. The first-order chi connectivity index (χ1) is 31.7. The molecule has 5 aliphatic rings. The highest BCUT2D eigenvalue weighted by Crippen LogP contribution is 2.34. The van der Waals surface area contributed by atoms with Crippen molar-refractivity contribution in [2.75, 3.05) is 66.9 Å². The number of nitrogens with zero attached hydrogens (tertiary/aromatic N) is 6. The van der Waals surface area contributed by atoms with E-state index in [1.54, 1.807) is 24.4 Å². The number of halogens is 3. The molecule has 1 unspecified atom stereocenters. The van der Waals surface area contributed by atoms with Gasteiger partial charge in [-0.2, -0.15) is 12.7 Å². The van der Waals surface area contributed by atoms with E-state index in [1.807, 2.05) is 35.1 Å². The number of piperazine rings is 1. The van der Waals surface area contributed by atoms with Crippen molar-refractivity contribution < 1.29 is 45.6 Å². The van der Waals surface area contributed by atoms with Gasteiger partial charge >= 0.3 is 10.2 Å². The van der Waals surface area contributed by atoms with Crippen molar-refractivity contribution in [2.24, 2.45) is 0 Å². The van der Waals surface area contributed by atoms with Crippen LogP contribution in [0.25, 0.3) is 22.2 Å². The maximum Gasteiger partial charge on any atom is 0.301 e. The van der Waals surface area contributed by atoms with Crippen LogP contribution < -0.4 is 19.8 Å². The number of aromatic amines is 1. The second-order valence-electron chi connectivity index (χ2n) is 17.3. The topological polar surface area (TPSA) is 188 Å². The molecule has 5 aromatic rings. The van der Waals surface area contributed by atoms with Crippen molar-refractivity contribution in [3.63, 3.8) is 0 Å². The molecule has 0 aliphatic carbocycles. The van der Waals surface area contributed by atoms with E-state index in [4.69, 9.17) is 0 Å². The number of carbonyl (C=O) groups excluding carboxylic acids is 5. The maximum atomic E-state index is 15.8. The fraction of sp³-hybridized carbons (Fsp3) is 0.348. The Balaban J connectivity index is 0.754. The number of rotatable bonds is 10. The molecule has 7 heterocycles. The minimum Gasteiger partial charge on any atom is -0.371 e. The third-order valence-corrected chi connectivity index (χ3v) is 14.9. The number of benzene rings is 3. The number of fused-ring (bicyclic) bond motifs is 2. The molecule has 20 heteroatoms. The average Bonchev–Trinajstić information content (AvgIpc) is 4.03. The summed E-state index contributed by atoms with van der Waals surface area (Å²) in [4.78, 5) is 79.8. The first-order valence-corrected chi connectivity index (χ1v) is 23.3. The molecule has 0 bridgehead atoms. The van der Waals surface area contributed by atoms with E-state index in [1.165, 1.54) is 6.20 Å². The Hall–Kier alpha value is -6.64. The van der Waals surface area contributed by atoms with Gasteiger partial charge in [-0.25, -0.2) is 18.2 Å². The van der Waals surface area contributed by atoms with E-state index in [0.717, 1.165) is 90.4 Å². The molecule has 2 aromatic heterocycles. The van der Waals surface area contributed by atoms with Crippen molar-refractivity contribution >= 4 is 67.7 Å². The normalized spacial score (nSPS) is 21.2. The summed E-state index contributed by atoms with van der Waals surface area (Å²) in [5, 5.41) is 2.54. The van der Waals surface area contributed by atoms with E-state index >= 15 is 8.78 Å². The maximum absolute atomic E-state index is 15.8. The van der Waals surface area contributed by atoms with Gasteiger partial charge in [0, 0.05) is 105 Å². The number of amides is 4. The smallest absolute Gasteiger partial charge is 0.301 e. The Kier molecular flexibility index (Phi) is 11.1. The molecule has 342 valence electrons. The van der Waals surface area contributed by atoms with Crippen LogP contribution in [0.15, 0.2) is 73.1 Å². The molecular formula is C46H44F3N9O7S. The van der Waals surface area contributed by atoms with Crippen molar-refractivity contribution in [3.8, 4) is 11.1 Å². The second-order valence-corrected chi connectivity index (χ2v) is 18.9. The number of alkyl halides is 1. The monoisotopic (exact) mass is 923 g/mol. The SMILES string of the molecule is O=C1CCC(N2C(=O)c3ccc(N4CCC(N5CCN(c6ccc(-c7cnc8[nH]cc(C(=O)c9c(F)ccc(NS(=O)(=O)N%10CC[C@@H](F)C%10)c9F)c8c7)cc6)CC5)CC4)cc3C2=O)C(=O)N1. The second kappa shape index (κ2) is 17.0. The molecule has 3 N–H and O–H groups in total. The largest absolute Gasteiger partial charge is 0.371 e. The van der Waals surface area contributed by atoms with E-state index in [9.17, 15) is 36.8 Å². The number of anilines is 3. The van der Waals surface area contributed by atoms with Crippen LogP contribution in [0, 0.1) is 11.6 Å². The highest BCUT2D eigenvalue weighted by atomic mass is 32.2. The predicted molar refractivity (Wildman–Crippen MR) is 237 cm³/mol. The minimum atomic E-state index is -4.37. The molecule has 16 nitrogen and oxygen atoms in total. The number of hydrogen-bond donors (Lipinski definition) is 3. The van der Waals surface area contributed by atoms with E-state index in [2.05, 4.69) is 30.0 Å². The molecule has 0 saturated carbocycles. The van der Waals surface area contributed by atoms with E-state index < -0.39 is 81.3 Å². The fourth-order valence-electron chi connectivity index (χ4n) is 9.79. The van der Waals surface area contributed by atoms with Crippen LogP contribution in [0.1, 0.15) is 68.7 Å². The van der Waals surface area contributed by atoms with Gasteiger partial charge in [0.2, 0.25) is 17.6 Å². The summed E-state index contributed by atoms with van der Waals surface area (Å²) in [5.74, 6) is -5.68. The Morgan fingerprint density at radius 1 is 0.773 bits per heavy atom. The lowest BCUT2D eigenvalue weighted by molar-refractivity contribution is -0.136. The van der Waals surface area contributed by atoms with Crippen LogP contribution in [0.5, 0.6) is 0 Å². The Labute approximate surface area is 376 Å². The lowest BCUT2D eigenvalue weighted by Gasteiger charge is -2.44. The summed E-state index contributed by atoms with van der Waals surface area (Å²) in [6.45, 7) is 4.43. The van der Waals surface area contributed by atoms with Crippen LogP contribution in [0.2, 0.25) is 0 Å². The fourth-order valence-corrected chi connectivity index (χ4v) is 11.1. The zero-order valence-corrected chi connectivity index (χ0v) is 36.3. The van der Waals surface area contributed by atoms with Gasteiger partial charge in [-0.15, -0.1) is 0 Å². The van der Waals surface area contributed by atoms with Crippen LogP contribution in [0.3, 0.4) is 0 Å². The van der Waals surface area contributed by atoms with Crippen LogP contribution in [0.4, 0.5) is 30.2 Å². The third-order valence-electron chi connectivity index (χ3n) is 13.4. The molecule has 0 radical (unpaired) electrons. The van der Waals surface area contributed by atoms with Gasteiger partial charge in [0.05, 0.1) is 22.4 Å². The Morgan fingerprint density at radius 3 is 2.20 bits per heavy atom.